The summed E-state index contributed by atoms with van der Waals surface area (Å²) in [6, 6.07) is 12.6. The number of hydrogen-bond acceptors (Lipinski definition) is 5. The molecule has 2 rings (SSSR count). The lowest BCUT2D eigenvalue weighted by atomic mass is 10.1. The van der Waals surface area contributed by atoms with Crippen molar-refractivity contribution in [1.29, 1.82) is 0 Å². The van der Waals surface area contributed by atoms with Gasteiger partial charge < -0.3 is 4.74 Å². The molecule has 7 nitrogen and oxygen atoms in total. The highest BCUT2D eigenvalue weighted by atomic mass is 35.5. The molecule has 0 aromatic heterocycles. The van der Waals surface area contributed by atoms with Gasteiger partial charge in [-0.2, -0.15) is 0 Å². The van der Waals surface area contributed by atoms with Gasteiger partial charge in [0.05, 0.1) is 11.4 Å². The number of ketones is 1. The van der Waals surface area contributed by atoms with Gasteiger partial charge in [-0.05, 0) is 30.3 Å². The summed E-state index contributed by atoms with van der Waals surface area (Å²) in [5.74, 6) is -2.28. The minimum Gasteiger partial charge on any atom is -0.457 e. The van der Waals surface area contributed by atoms with E-state index >= 15 is 0 Å². The third-order valence-electron chi connectivity index (χ3n) is 3.50. The van der Waals surface area contributed by atoms with Gasteiger partial charge in [0.25, 0.3) is 5.91 Å². The number of ether oxygens (including phenoxy) is 1. The van der Waals surface area contributed by atoms with Crippen molar-refractivity contribution in [2.75, 3.05) is 6.61 Å². The Kier molecular flexibility index (Phi) is 7.98. The van der Waals surface area contributed by atoms with Crippen LogP contribution >= 0.6 is 23.2 Å². The summed E-state index contributed by atoms with van der Waals surface area (Å²) in [4.78, 5) is 47.1. The average molecular weight is 423 g/mol. The number of hydrazine groups is 1. The van der Waals surface area contributed by atoms with Gasteiger partial charge in [0, 0.05) is 22.6 Å². The van der Waals surface area contributed by atoms with Crippen molar-refractivity contribution in [2.45, 2.75) is 12.8 Å². The maximum atomic E-state index is 12.0. The van der Waals surface area contributed by atoms with Crippen LogP contribution in [0.2, 0.25) is 10.0 Å². The highest BCUT2D eigenvalue weighted by Crippen LogP contribution is 2.21. The molecule has 0 spiro atoms. The average Bonchev–Trinajstić information content (AvgIpc) is 2.69. The lowest BCUT2D eigenvalue weighted by molar-refractivity contribution is -0.143. The maximum absolute atomic E-state index is 12.0. The van der Waals surface area contributed by atoms with Crippen LogP contribution in [0.3, 0.4) is 0 Å². The monoisotopic (exact) mass is 422 g/mol. The number of halogens is 2. The molecule has 28 heavy (non-hydrogen) atoms. The first kappa shape index (κ1) is 21.4. The van der Waals surface area contributed by atoms with E-state index in [1.165, 1.54) is 18.2 Å². The second-order valence-corrected chi connectivity index (χ2v) is 6.42. The van der Waals surface area contributed by atoms with Crippen LogP contribution in [0.25, 0.3) is 0 Å². The lowest BCUT2D eigenvalue weighted by Gasteiger charge is -2.08. The summed E-state index contributed by atoms with van der Waals surface area (Å²) in [6.45, 7) is -0.507. The number of nitrogens with one attached hydrogen (secondary N) is 2. The number of carbonyl (C=O) groups excluding carboxylic acids is 4. The van der Waals surface area contributed by atoms with Gasteiger partial charge in [-0.3, -0.25) is 30.0 Å². The van der Waals surface area contributed by atoms with Crippen LogP contribution in [-0.4, -0.2) is 30.2 Å². The largest absolute Gasteiger partial charge is 0.457 e. The van der Waals surface area contributed by atoms with Crippen molar-refractivity contribution in [2.24, 2.45) is 0 Å². The molecule has 0 radical (unpaired) electrons. The van der Waals surface area contributed by atoms with Gasteiger partial charge in [0.15, 0.2) is 6.61 Å². The zero-order valence-corrected chi connectivity index (χ0v) is 16.0. The van der Waals surface area contributed by atoms with Crippen molar-refractivity contribution in [3.8, 4) is 0 Å². The molecule has 0 unspecified atom stereocenters. The van der Waals surface area contributed by atoms with E-state index in [0.717, 1.165) is 0 Å². The van der Waals surface area contributed by atoms with Gasteiger partial charge in [-0.25, -0.2) is 0 Å². The molecule has 0 aliphatic heterocycles. The quantitative estimate of drug-likeness (QED) is 0.405. The normalized spacial score (nSPS) is 10.1. The Hall–Kier alpha value is -2.90. The minimum absolute atomic E-state index is 0.155. The van der Waals surface area contributed by atoms with E-state index in [9.17, 15) is 19.2 Å². The number of benzene rings is 2. The Morgan fingerprint density at radius 2 is 1.61 bits per heavy atom. The van der Waals surface area contributed by atoms with Crippen LogP contribution in [0.1, 0.15) is 33.6 Å². The van der Waals surface area contributed by atoms with E-state index in [0.29, 0.717) is 10.6 Å². The molecule has 2 amide bonds. The number of rotatable bonds is 7. The van der Waals surface area contributed by atoms with Crippen LogP contribution in [0.15, 0.2) is 48.5 Å². The Morgan fingerprint density at radius 3 is 2.29 bits per heavy atom. The first-order valence-corrected chi connectivity index (χ1v) is 8.90. The molecule has 2 aromatic carbocycles. The highest BCUT2D eigenvalue weighted by Gasteiger charge is 2.15. The molecular formula is C19H16Cl2N2O5. The Balaban J connectivity index is 1.69. The van der Waals surface area contributed by atoms with Gasteiger partial charge in [0.2, 0.25) is 11.7 Å². The number of esters is 1. The lowest BCUT2D eigenvalue weighted by Crippen LogP contribution is -2.41. The summed E-state index contributed by atoms with van der Waals surface area (Å²) in [6.07, 6.45) is -0.474. The summed E-state index contributed by atoms with van der Waals surface area (Å²) < 4.78 is 4.84. The van der Waals surface area contributed by atoms with E-state index in [4.69, 9.17) is 27.9 Å². The van der Waals surface area contributed by atoms with Crippen LogP contribution in [0.4, 0.5) is 0 Å². The molecule has 2 aromatic rings. The predicted molar refractivity (Wildman–Crippen MR) is 103 cm³/mol. The van der Waals surface area contributed by atoms with Crippen LogP contribution in [0, 0.1) is 0 Å². The van der Waals surface area contributed by atoms with E-state index < -0.39 is 30.2 Å². The van der Waals surface area contributed by atoms with E-state index in [1.807, 2.05) is 0 Å². The van der Waals surface area contributed by atoms with Gasteiger partial charge >= 0.3 is 5.97 Å². The first-order chi connectivity index (χ1) is 13.4. The smallest absolute Gasteiger partial charge is 0.306 e. The molecule has 0 bridgehead atoms. The van der Waals surface area contributed by atoms with E-state index in [2.05, 4.69) is 10.9 Å². The van der Waals surface area contributed by atoms with E-state index in [1.54, 1.807) is 30.3 Å². The van der Waals surface area contributed by atoms with Crippen molar-refractivity contribution in [3.05, 3.63) is 69.7 Å². The van der Waals surface area contributed by atoms with Gasteiger partial charge in [0.1, 0.15) is 0 Å². The second kappa shape index (κ2) is 10.4. The molecule has 0 saturated carbocycles. The molecular weight excluding hydrogens is 407 g/mol. The van der Waals surface area contributed by atoms with Gasteiger partial charge in [-0.15, -0.1) is 0 Å². The SMILES string of the molecule is O=C(CCC(=O)OCC(=O)c1ccc(Cl)cc1Cl)NNC(=O)c1ccccc1. The summed E-state index contributed by atoms with van der Waals surface area (Å²) in [5, 5.41) is 0.533. The zero-order chi connectivity index (χ0) is 20.5. The number of carbonyl (C=O) groups is 4. The summed E-state index contributed by atoms with van der Waals surface area (Å²) in [7, 11) is 0. The van der Waals surface area contributed by atoms with Crippen LogP contribution < -0.4 is 10.9 Å². The Labute approximate surface area is 170 Å². The molecule has 0 aliphatic rings. The molecule has 0 heterocycles. The fraction of sp³-hybridized carbons (Fsp3) is 0.158. The molecule has 146 valence electrons. The fourth-order valence-corrected chi connectivity index (χ4v) is 2.59. The summed E-state index contributed by atoms with van der Waals surface area (Å²) >= 11 is 11.7. The minimum atomic E-state index is -0.733. The maximum Gasteiger partial charge on any atom is 0.306 e. The number of amides is 2. The van der Waals surface area contributed by atoms with Gasteiger partial charge in [-0.1, -0.05) is 41.4 Å². The molecule has 0 saturated heterocycles. The van der Waals surface area contributed by atoms with E-state index in [-0.39, 0.29) is 23.4 Å². The Morgan fingerprint density at radius 1 is 0.893 bits per heavy atom. The summed E-state index contributed by atoms with van der Waals surface area (Å²) in [5.41, 5.74) is 4.99. The highest BCUT2D eigenvalue weighted by molar-refractivity contribution is 6.36. The van der Waals surface area contributed by atoms with Crippen LogP contribution in [0.5, 0.6) is 0 Å². The molecule has 0 aliphatic carbocycles. The molecule has 9 heteroatoms. The first-order valence-electron chi connectivity index (χ1n) is 8.15. The van der Waals surface area contributed by atoms with Crippen LogP contribution in [-0.2, 0) is 14.3 Å². The fourth-order valence-electron chi connectivity index (χ4n) is 2.08. The third-order valence-corrected chi connectivity index (χ3v) is 4.05. The molecule has 2 N–H and O–H groups in total. The number of Topliss-reactive ketones (excluding diaryl/α,β-unsaturated/α-hetero) is 1. The topological polar surface area (TPSA) is 102 Å². The second-order valence-electron chi connectivity index (χ2n) is 5.58. The zero-order valence-electron chi connectivity index (χ0n) is 14.5. The number of hydrogen-bond donors (Lipinski definition) is 2. The van der Waals surface area contributed by atoms with Crippen molar-refractivity contribution >= 4 is 46.8 Å². The Bertz CT molecular complexity index is 887. The third kappa shape index (κ3) is 6.68. The standard InChI is InChI=1S/C19H16Cl2N2O5/c20-13-6-7-14(15(21)10-13)16(24)11-28-18(26)9-8-17(25)22-23-19(27)12-4-2-1-3-5-12/h1-7,10H,8-9,11H2,(H,22,25)(H,23,27). The molecule has 0 fully saturated rings. The van der Waals surface area contributed by atoms with Crippen molar-refractivity contribution in [3.63, 3.8) is 0 Å². The predicted octanol–water partition coefficient (Wildman–Crippen LogP) is 2.96. The molecule has 0 atom stereocenters. The van der Waals surface area contributed by atoms with Crippen molar-refractivity contribution in [1.82, 2.24) is 10.9 Å². The van der Waals surface area contributed by atoms with Crippen molar-refractivity contribution < 1.29 is 23.9 Å².